The minimum absolute atomic E-state index is 0.315. The number of nitrogens with one attached hydrogen (secondary N) is 1. The van der Waals surface area contributed by atoms with Crippen LogP contribution in [0.3, 0.4) is 0 Å². The van der Waals surface area contributed by atoms with E-state index in [4.69, 9.17) is 15.2 Å². The van der Waals surface area contributed by atoms with E-state index in [1.807, 2.05) is 0 Å². The molecule has 9 heteroatoms. The predicted octanol–water partition coefficient (Wildman–Crippen LogP) is -2.09. The van der Waals surface area contributed by atoms with Crippen molar-refractivity contribution in [2.24, 2.45) is 5.73 Å². The van der Waals surface area contributed by atoms with Crippen LogP contribution in [0.25, 0.3) is 0 Å². The standard InChI is InChI=1S/C13H21N3O6/c1-21-9-10(19)13(7-17,4-2-5-14)22-11(9)16-6-3-8(18)15-12(16)20/h3,6,9-11,17,19H,2,4-5,7,14H2,1H3,(H,15,18,20)/t9?,10?,11?,13-/m1/s1. The Balaban J connectivity index is 2.39. The van der Waals surface area contributed by atoms with Crippen LogP contribution in [0.4, 0.5) is 0 Å². The van der Waals surface area contributed by atoms with E-state index in [0.717, 1.165) is 4.57 Å². The third kappa shape index (κ3) is 2.85. The first-order valence-electron chi connectivity index (χ1n) is 7.00. The molecule has 1 aromatic heterocycles. The highest BCUT2D eigenvalue weighted by Gasteiger charge is 2.55. The predicted molar refractivity (Wildman–Crippen MR) is 76.4 cm³/mol. The number of hydrogen-bond donors (Lipinski definition) is 4. The summed E-state index contributed by atoms with van der Waals surface area (Å²) < 4.78 is 12.2. The van der Waals surface area contributed by atoms with Crippen molar-refractivity contribution in [3.8, 4) is 0 Å². The van der Waals surface area contributed by atoms with Crippen LogP contribution in [-0.2, 0) is 9.47 Å². The van der Waals surface area contributed by atoms with Gasteiger partial charge >= 0.3 is 5.69 Å². The number of H-pyrrole nitrogens is 1. The second-order valence-electron chi connectivity index (χ2n) is 5.29. The largest absolute Gasteiger partial charge is 0.393 e. The molecule has 0 spiro atoms. The van der Waals surface area contributed by atoms with Gasteiger partial charge in [0.1, 0.15) is 17.8 Å². The second-order valence-corrected chi connectivity index (χ2v) is 5.29. The van der Waals surface area contributed by atoms with Crippen LogP contribution in [0, 0.1) is 0 Å². The van der Waals surface area contributed by atoms with Crippen LogP contribution in [0.15, 0.2) is 21.9 Å². The van der Waals surface area contributed by atoms with Crippen LogP contribution in [0.2, 0.25) is 0 Å². The van der Waals surface area contributed by atoms with Gasteiger partial charge in [-0.2, -0.15) is 0 Å². The van der Waals surface area contributed by atoms with Crippen molar-refractivity contribution in [3.05, 3.63) is 33.1 Å². The summed E-state index contributed by atoms with van der Waals surface area (Å²) in [7, 11) is 1.37. The molecule has 5 N–H and O–H groups in total. The molecule has 124 valence electrons. The fraction of sp³-hybridized carbons (Fsp3) is 0.692. The third-order valence-electron chi connectivity index (χ3n) is 3.96. The number of aromatic amines is 1. The third-order valence-corrected chi connectivity index (χ3v) is 3.96. The normalized spacial score (nSPS) is 31.5. The van der Waals surface area contributed by atoms with Crippen LogP contribution < -0.4 is 17.0 Å². The van der Waals surface area contributed by atoms with Crippen molar-refractivity contribution >= 4 is 0 Å². The second kappa shape index (κ2) is 6.71. The van der Waals surface area contributed by atoms with Gasteiger partial charge in [-0.05, 0) is 19.4 Å². The lowest BCUT2D eigenvalue weighted by Crippen LogP contribution is -2.47. The number of rotatable bonds is 6. The molecule has 0 bridgehead atoms. The Morgan fingerprint density at radius 2 is 2.27 bits per heavy atom. The van der Waals surface area contributed by atoms with E-state index in [-0.39, 0.29) is 0 Å². The molecule has 1 aliphatic rings. The molecule has 0 amide bonds. The minimum atomic E-state index is -1.26. The van der Waals surface area contributed by atoms with Crippen molar-refractivity contribution in [2.45, 2.75) is 36.9 Å². The van der Waals surface area contributed by atoms with Crippen LogP contribution >= 0.6 is 0 Å². The highest BCUT2D eigenvalue weighted by atomic mass is 16.6. The number of nitrogens with zero attached hydrogens (tertiary/aromatic N) is 1. The summed E-state index contributed by atoms with van der Waals surface area (Å²) in [5, 5.41) is 20.1. The molecule has 3 unspecified atom stereocenters. The first-order valence-corrected chi connectivity index (χ1v) is 7.00. The molecule has 1 saturated heterocycles. The molecule has 4 atom stereocenters. The number of aliphatic hydroxyl groups is 2. The van der Waals surface area contributed by atoms with Gasteiger partial charge < -0.3 is 25.4 Å². The summed E-state index contributed by atoms with van der Waals surface area (Å²) in [5.41, 5.74) is 2.99. The van der Waals surface area contributed by atoms with Gasteiger partial charge in [0.2, 0.25) is 0 Å². The lowest BCUT2D eigenvalue weighted by Gasteiger charge is -2.30. The quantitative estimate of drug-likeness (QED) is 0.472. The monoisotopic (exact) mass is 315 g/mol. The van der Waals surface area contributed by atoms with Gasteiger partial charge in [0.05, 0.1) is 6.61 Å². The van der Waals surface area contributed by atoms with E-state index in [1.165, 1.54) is 19.4 Å². The summed E-state index contributed by atoms with van der Waals surface area (Å²) in [5.74, 6) is 0. The van der Waals surface area contributed by atoms with E-state index < -0.39 is 41.9 Å². The van der Waals surface area contributed by atoms with E-state index >= 15 is 0 Å². The van der Waals surface area contributed by atoms with Crippen molar-refractivity contribution < 1.29 is 19.7 Å². The molecule has 0 aliphatic carbocycles. The van der Waals surface area contributed by atoms with Crippen LogP contribution in [0.1, 0.15) is 19.1 Å². The molecule has 0 radical (unpaired) electrons. The van der Waals surface area contributed by atoms with Crippen molar-refractivity contribution in [1.29, 1.82) is 0 Å². The first kappa shape index (κ1) is 16.8. The summed E-state index contributed by atoms with van der Waals surface area (Å²) in [6.45, 7) is -0.0681. The lowest BCUT2D eigenvalue weighted by molar-refractivity contribution is -0.133. The summed E-state index contributed by atoms with van der Waals surface area (Å²) in [6, 6.07) is 1.17. The van der Waals surface area contributed by atoms with E-state index in [9.17, 15) is 19.8 Å². The molecule has 1 fully saturated rings. The number of aromatic nitrogens is 2. The van der Waals surface area contributed by atoms with Gasteiger partial charge in [0.15, 0.2) is 6.23 Å². The fourth-order valence-electron chi connectivity index (χ4n) is 2.74. The van der Waals surface area contributed by atoms with Gasteiger partial charge in [-0.25, -0.2) is 4.79 Å². The number of hydrogen-bond acceptors (Lipinski definition) is 7. The number of ether oxygens (including phenoxy) is 2. The van der Waals surface area contributed by atoms with E-state index in [1.54, 1.807) is 0 Å². The molecule has 9 nitrogen and oxygen atoms in total. The zero-order valence-corrected chi connectivity index (χ0v) is 12.3. The van der Waals surface area contributed by atoms with Gasteiger partial charge in [-0.1, -0.05) is 0 Å². The van der Waals surface area contributed by atoms with Crippen LogP contribution in [0.5, 0.6) is 0 Å². The van der Waals surface area contributed by atoms with Gasteiger partial charge in [-0.3, -0.25) is 14.3 Å². The molecule has 0 saturated carbocycles. The molecule has 2 heterocycles. The number of methoxy groups -OCH3 is 1. The molecule has 1 aliphatic heterocycles. The Hall–Kier alpha value is -1.52. The van der Waals surface area contributed by atoms with Crippen molar-refractivity contribution in [2.75, 3.05) is 20.3 Å². The van der Waals surface area contributed by atoms with Gasteiger partial charge in [0, 0.05) is 19.4 Å². The number of aliphatic hydroxyl groups excluding tert-OH is 2. The van der Waals surface area contributed by atoms with Crippen LogP contribution in [-0.4, -0.2) is 57.8 Å². The maximum Gasteiger partial charge on any atom is 0.330 e. The van der Waals surface area contributed by atoms with Crippen molar-refractivity contribution in [1.82, 2.24) is 9.55 Å². The average Bonchev–Trinajstić information content (AvgIpc) is 2.78. The first-order chi connectivity index (χ1) is 10.5. The molecule has 22 heavy (non-hydrogen) atoms. The lowest BCUT2D eigenvalue weighted by atomic mass is 9.91. The Morgan fingerprint density at radius 3 is 2.82 bits per heavy atom. The topological polar surface area (TPSA) is 140 Å². The Bertz CT molecular complexity index is 614. The smallest absolute Gasteiger partial charge is 0.330 e. The van der Waals surface area contributed by atoms with Gasteiger partial charge in [-0.15, -0.1) is 0 Å². The maximum atomic E-state index is 11.9. The molecule has 0 aromatic carbocycles. The Kier molecular flexibility index (Phi) is 5.14. The fourth-order valence-corrected chi connectivity index (χ4v) is 2.74. The average molecular weight is 315 g/mol. The van der Waals surface area contributed by atoms with E-state index in [0.29, 0.717) is 19.4 Å². The SMILES string of the molecule is COC1C(n2ccc(=O)[nH]c2=O)O[C@@](CO)(CCCN)C1O. The minimum Gasteiger partial charge on any atom is -0.393 e. The van der Waals surface area contributed by atoms with Gasteiger partial charge in [0.25, 0.3) is 5.56 Å². The maximum absolute atomic E-state index is 11.9. The molecular weight excluding hydrogens is 294 g/mol. The molecule has 2 rings (SSSR count). The highest BCUT2D eigenvalue weighted by molar-refractivity contribution is 5.02. The molecule has 1 aromatic rings. The highest BCUT2D eigenvalue weighted by Crippen LogP contribution is 2.40. The van der Waals surface area contributed by atoms with E-state index in [2.05, 4.69) is 4.98 Å². The summed E-state index contributed by atoms with van der Waals surface area (Å²) in [4.78, 5) is 25.2. The molecular formula is C13H21N3O6. The zero-order chi connectivity index (χ0) is 16.3. The number of nitrogens with two attached hydrogens (primary N) is 1. The zero-order valence-electron chi connectivity index (χ0n) is 12.3. The Labute approximate surface area is 126 Å². The Morgan fingerprint density at radius 1 is 1.55 bits per heavy atom. The van der Waals surface area contributed by atoms with Crippen molar-refractivity contribution in [3.63, 3.8) is 0 Å². The summed E-state index contributed by atoms with van der Waals surface area (Å²) >= 11 is 0. The summed E-state index contributed by atoms with van der Waals surface area (Å²) in [6.07, 6.45) is -0.863.